The Morgan fingerprint density at radius 3 is 2.12 bits per heavy atom. The number of aliphatic carboxylic acids is 2. The number of aryl methyl sites for hydroxylation is 3. The van der Waals surface area contributed by atoms with Crippen molar-refractivity contribution in [1.29, 1.82) is 0 Å². The van der Waals surface area contributed by atoms with E-state index >= 15 is 0 Å². The number of hydrogen-bond donors (Lipinski definition) is 1. The molecule has 1 atom stereocenters. The Bertz CT molecular complexity index is 751. The first-order valence-electron chi connectivity index (χ1n) is 8.60. The third-order valence-corrected chi connectivity index (χ3v) is 3.89. The highest BCUT2D eigenvalue weighted by atomic mass is 16.4. The molecule has 0 aliphatic carbocycles. The van der Waals surface area contributed by atoms with Crippen LogP contribution in [0.4, 0.5) is 0 Å². The summed E-state index contributed by atoms with van der Waals surface area (Å²) in [5, 5.41) is 18.4. The van der Waals surface area contributed by atoms with E-state index in [1.54, 1.807) is 4.57 Å². The topological polar surface area (TPSA) is 86.2 Å². The fraction of sp³-hybridized carbons (Fsp3) is 0.450. The minimum absolute atomic E-state index is 0.333. The molecule has 142 valence electrons. The van der Waals surface area contributed by atoms with Crippen molar-refractivity contribution in [2.24, 2.45) is 5.92 Å². The van der Waals surface area contributed by atoms with Crippen LogP contribution in [0.5, 0.6) is 0 Å². The molecule has 0 saturated heterocycles. The summed E-state index contributed by atoms with van der Waals surface area (Å²) in [6.07, 6.45) is 6.28. The average Bonchev–Trinajstić information content (AvgIpc) is 2.91. The zero-order chi connectivity index (χ0) is 20.0. The first kappa shape index (κ1) is 21.4. The molecule has 1 heterocycles. The van der Waals surface area contributed by atoms with Crippen LogP contribution in [0.15, 0.2) is 30.9 Å². The number of aromatic nitrogens is 2. The van der Waals surface area contributed by atoms with Gasteiger partial charge in [-0.1, -0.05) is 31.5 Å². The van der Waals surface area contributed by atoms with E-state index in [2.05, 4.69) is 32.9 Å². The van der Waals surface area contributed by atoms with E-state index in [1.165, 1.54) is 16.7 Å². The van der Waals surface area contributed by atoms with E-state index in [-0.39, 0.29) is 0 Å². The summed E-state index contributed by atoms with van der Waals surface area (Å²) < 4.78 is 3.81. The van der Waals surface area contributed by atoms with Crippen molar-refractivity contribution < 1.29 is 24.4 Å². The number of carboxylic acids is 2. The van der Waals surface area contributed by atoms with Gasteiger partial charge in [0.1, 0.15) is 18.1 Å². The Hall–Kier alpha value is -2.63. The molecule has 1 N–H and O–H groups in total. The summed E-state index contributed by atoms with van der Waals surface area (Å²) in [6, 6.07) is 3.78. The standard InChI is InChI=1S/C18H24N2O2.C2H4O2/c1-12(2)8-16(18(21)22)19-6-7-20(11-19)17-14(4)9-13(3)10-15(17)5;1-2(3)4/h6-7,9-12,16H,8H2,1-5H3;1H3,(H,3,4). The van der Waals surface area contributed by atoms with E-state index in [1.807, 2.05) is 37.1 Å². The second-order valence-electron chi connectivity index (χ2n) is 6.99. The van der Waals surface area contributed by atoms with Crippen LogP contribution in [0, 0.1) is 26.7 Å². The number of carbonyl (C=O) groups excluding carboxylic acids is 1. The third kappa shape index (κ3) is 6.02. The van der Waals surface area contributed by atoms with Crippen molar-refractivity contribution in [3.8, 4) is 5.69 Å². The molecular formula is C20H28N2O4. The summed E-state index contributed by atoms with van der Waals surface area (Å²) in [4.78, 5) is 20.4. The van der Waals surface area contributed by atoms with Crippen molar-refractivity contribution in [2.45, 2.75) is 54.0 Å². The molecule has 0 fully saturated rings. The Balaban J connectivity index is 0.000000765. The average molecular weight is 360 g/mol. The monoisotopic (exact) mass is 360 g/mol. The Morgan fingerprint density at radius 1 is 1.19 bits per heavy atom. The Labute approximate surface area is 154 Å². The second-order valence-corrected chi connectivity index (χ2v) is 6.99. The van der Waals surface area contributed by atoms with Gasteiger partial charge >= 0.3 is 5.97 Å². The number of nitrogens with zero attached hydrogens (tertiary/aromatic N) is 2. The summed E-state index contributed by atoms with van der Waals surface area (Å²) >= 11 is 0. The van der Waals surface area contributed by atoms with Crippen LogP contribution >= 0.6 is 0 Å². The number of carboxylic acid groups (broad SMARTS) is 2. The molecule has 1 aromatic heterocycles. The van der Waals surface area contributed by atoms with E-state index in [0.29, 0.717) is 12.3 Å². The van der Waals surface area contributed by atoms with E-state index < -0.39 is 18.0 Å². The van der Waals surface area contributed by atoms with Crippen LogP contribution in [0.1, 0.15) is 49.9 Å². The molecule has 6 heteroatoms. The molecule has 1 aromatic carbocycles. The first-order chi connectivity index (χ1) is 12.0. The van der Waals surface area contributed by atoms with E-state index in [0.717, 1.165) is 12.6 Å². The van der Waals surface area contributed by atoms with E-state index in [9.17, 15) is 9.90 Å². The van der Waals surface area contributed by atoms with Gasteiger partial charge in [0, 0.05) is 12.4 Å². The van der Waals surface area contributed by atoms with Gasteiger partial charge in [0.05, 0.1) is 0 Å². The van der Waals surface area contributed by atoms with Crippen LogP contribution in [0.25, 0.3) is 5.69 Å². The van der Waals surface area contributed by atoms with Gasteiger partial charge in [-0.15, -0.1) is 0 Å². The zero-order valence-electron chi connectivity index (χ0n) is 16.3. The third-order valence-electron chi connectivity index (χ3n) is 3.89. The SMILES string of the molecule is CC(=O)[O-].Cc1cc(C)c(-n2cc[n+](C(CC(C)C)C(=O)O)c2)c(C)c1. The van der Waals surface area contributed by atoms with Gasteiger partial charge in [0.25, 0.3) is 0 Å². The zero-order valence-corrected chi connectivity index (χ0v) is 16.3. The highest BCUT2D eigenvalue weighted by Gasteiger charge is 2.26. The Kier molecular flexibility index (Phi) is 7.56. The first-order valence-corrected chi connectivity index (χ1v) is 8.60. The van der Waals surface area contributed by atoms with Gasteiger partial charge in [-0.05, 0) is 44.7 Å². The van der Waals surface area contributed by atoms with Crippen molar-refractivity contribution in [3.05, 3.63) is 47.5 Å². The van der Waals surface area contributed by atoms with Crippen molar-refractivity contribution in [3.63, 3.8) is 0 Å². The number of benzene rings is 1. The summed E-state index contributed by atoms with van der Waals surface area (Å²) in [5.74, 6) is -1.53. The molecule has 0 saturated carbocycles. The molecule has 0 aliphatic heterocycles. The minimum atomic E-state index is -1.08. The largest absolute Gasteiger partial charge is 0.550 e. The summed E-state index contributed by atoms with van der Waals surface area (Å²) in [6.45, 7) is 11.3. The van der Waals surface area contributed by atoms with Gasteiger partial charge in [-0.25, -0.2) is 13.9 Å². The molecule has 26 heavy (non-hydrogen) atoms. The number of hydrogen-bond acceptors (Lipinski definition) is 3. The fourth-order valence-electron chi connectivity index (χ4n) is 3.06. The quantitative estimate of drug-likeness (QED) is 0.828. The predicted octanol–water partition coefficient (Wildman–Crippen LogP) is 2.12. The molecule has 6 nitrogen and oxygen atoms in total. The maximum atomic E-state index is 11.5. The molecule has 1 unspecified atom stereocenters. The molecule has 0 amide bonds. The normalized spacial score (nSPS) is 11.7. The van der Waals surface area contributed by atoms with Crippen molar-refractivity contribution in [2.75, 3.05) is 0 Å². The summed E-state index contributed by atoms with van der Waals surface area (Å²) in [7, 11) is 0. The number of imidazole rings is 1. The highest BCUT2D eigenvalue weighted by Crippen LogP contribution is 2.21. The molecule has 0 radical (unpaired) electrons. The smallest absolute Gasteiger partial charge is 0.349 e. The van der Waals surface area contributed by atoms with Crippen LogP contribution in [0.3, 0.4) is 0 Å². The molecule has 0 aliphatic rings. The van der Waals surface area contributed by atoms with Gasteiger partial charge in [0.15, 0.2) is 6.04 Å². The number of carbonyl (C=O) groups is 2. The lowest BCUT2D eigenvalue weighted by molar-refractivity contribution is -0.711. The van der Waals surface area contributed by atoms with Crippen LogP contribution in [0.2, 0.25) is 0 Å². The van der Waals surface area contributed by atoms with Gasteiger partial charge in [0.2, 0.25) is 6.33 Å². The van der Waals surface area contributed by atoms with Crippen molar-refractivity contribution >= 4 is 11.9 Å². The van der Waals surface area contributed by atoms with Gasteiger partial charge in [-0.3, -0.25) is 0 Å². The lowest BCUT2D eigenvalue weighted by Crippen LogP contribution is -2.43. The minimum Gasteiger partial charge on any atom is -0.550 e. The summed E-state index contributed by atoms with van der Waals surface area (Å²) in [5.41, 5.74) is 4.74. The highest BCUT2D eigenvalue weighted by molar-refractivity contribution is 5.69. The van der Waals surface area contributed by atoms with Crippen LogP contribution in [-0.4, -0.2) is 21.6 Å². The molecule has 2 rings (SSSR count). The lowest BCUT2D eigenvalue weighted by atomic mass is 10.0. The van der Waals surface area contributed by atoms with Crippen LogP contribution < -0.4 is 9.67 Å². The maximum absolute atomic E-state index is 11.5. The van der Waals surface area contributed by atoms with Crippen LogP contribution in [-0.2, 0) is 9.59 Å². The van der Waals surface area contributed by atoms with E-state index in [4.69, 9.17) is 9.90 Å². The maximum Gasteiger partial charge on any atom is 0.349 e. The fourth-order valence-corrected chi connectivity index (χ4v) is 3.06. The molecular weight excluding hydrogens is 332 g/mol. The Morgan fingerprint density at radius 2 is 1.69 bits per heavy atom. The molecule has 2 aromatic rings. The number of rotatable bonds is 5. The molecule has 0 spiro atoms. The lowest BCUT2D eigenvalue weighted by Gasteiger charge is -2.11. The second kappa shape index (κ2) is 9.17. The van der Waals surface area contributed by atoms with Gasteiger partial charge < -0.3 is 15.0 Å². The van der Waals surface area contributed by atoms with Gasteiger partial charge in [-0.2, -0.15) is 0 Å². The van der Waals surface area contributed by atoms with Crippen molar-refractivity contribution in [1.82, 2.24) is 4.57 Å². The molecule has 0 bridgehead atoms. The predicted molar refractivity (Wildman–Crippen MR) is 97.0 cm³/mol.